The molecule has 0 radical (unpaired) electrons. The Morgan fingerprint density at radius 2 is 1.95 bits per heavy atom. The summed E-state index contributed by atoms with van der Waals surface area (Å²) in [7, 11) is 0. The zero-order valence-corrected chi connectivity index (χ0v) is 21.8. The molecule has 1 saturated carbocycles. The van der Waals surface area contributed by atoms with Crippen molar-refractivity contribution in [2.75, 3.05) is 43.1 Å². The Labute approximate surface area is 224 Å². The van der Waals surface area contributed by atoms with Gasteiger partial charge in [0.25, 0.3) is 5.91 Å². The molecule has 0 bridgehead atoms. The van der Waals surface area contributed by atoms with Gasteiger partial charge < -0.3 is 19.7 Å². The van der Waals surface area contributed by atoms with E-state index in [1.807, 2.05) is 29.1 Å². The number of hydrogen-bond donors (Lipinski definition) is 1. The number of ether oxygens (including phenoxy) is 2. The summed E-state index contributed by atoms with van der Waals surface area (Å²) in [5.74, 6) is 0.103. The fraction of sp³-hybridized carbons (Fsp3) is 0.444. The molecular weight excluding hydrogens is 502 g/mol. The highest BCUT2D eigenvalue weighted by Gasteiger charge is 2.30. The lowest BCUT2D eigenvalue weighted by molar-refractivity contribution is -0.0394. The maximum absolute atomic E-state index is 13.4. The summed E-state index contributed by atoms with van der Waals surface area (Å²) < 4.78 is 14.1. The number of nitrogens with zero attached hydrogens (tertiary/aromatic N) is 6. The van der Waals surface area contributed by atoms with Gasteiger partial charge in [0.05, 0.1) is 41.2 Å². The topological polar surface area (TPSA) is 107 Å². The van der Waals surface area contributed by atoms with Crippen molar-refractivity contribution in [3.63, 3.8) is 0 Å². The molecule has 3 aliphatic rings. The molecule has 4 aromatic rings. The second-order valence-electron chi connectivity index (χ2n) is 10.0. The molecule has 1 aliphatic carbocycles. The molecule has 1 atom stereocenters. The third kappa shape index (κ3) is 4.77. The third-order valence-corrected chi connectivity index (χ3v) is 8.28. The minimum Gasteiger partial charge on any atom is -0.378 e. The van der Waals surface area contributed by atoms with E-state index in [0.717, 1.165) is 84.2 Å². The minimum atomic E-state index is -0.254. The summed E-state index contributed by atoms with van der Waals surface area (Å²) in [6.07, 6.45) is 9.00. The zero-order valence-electron chi connectivity index (χ0n) is 21.0. The fourth-order valence-electron chi connectivity index (χ4n) is 4.99. The summed E-state index contributed by atoms with van der Waals surface area (Å²) in [6.45, 7) is 3.83. The van der Waals surface area contributed by atoms with Crippen LogP contribution in [0.2, 0.25) is 0 Å². The molecule has 6 heterocycles. The molecular formula is C27H29N7O3S. The highest BCUT2D eigenvalue weighted by molar-refractivity contribution is 7.22. The molecule has 7 rings (SSSR count). The second-order valence-corrected chi connectivity index (χ2v) is 11.0. The third-order valence-electron chi connectivity index (χ3n) is 7.22. The first-order valence-corrected chi connectivity index (χ1v) is 14.1. The maximum atomic E-state index is 13.4. The Hall–Kier alpha value is -3.41. The number of thiazole rings is 1. The Bertz CT molecular complexity index is 1470. The molecule has 196 valence electrons. The lowest BCUT2D eigenvalue weighted by Crippen LogP contribution is -2.36. The second kappa shape index (κ2) is 10.0. The van der Waals surface area contributed by atoms with Crippen molar-refractivity contribution < 1.29 is 14.3 Å². The van der Waals surface area contributed by atoms with Crippen LogP contribution >= 0.6 is 11.3 Å². The van der Waals surface area contributed by atoms with Gasteiger partial charge in [-0.15, -0.1) is 0 Å². The molecule has 0 aromatic carbocycles. The average Bonchev–Trinajstić information content (AvgIpc) is 3.53. The molecule has 0 spiro atoms. The number of amides is 1. The fourth-order valence-corrected chi connectivity index (χ4v) is 5.99. The summed E-state index contributed by atoms with van der Waals surface area (Å²) in [6, 6.07) is 7.51. The van der Waals surface area contributed by atoms with Gasteiger partial charge in [0.2, 0.25) is 0 Å². The zero-order chi connectivity index (χ0) is 25.5. The number of hydrogen-bond acceptors (Lipinski definition) is 9. The SMILES string of the molecule is O=C(Nc1cc2sc(N3CCOCC3)nc2nc1C1CC1)c1cccc(-c2cnn(C3CCCCO3)c2)n1. The van der Waals surface area contributed by atoms with Gasteiger partial charge >= 0.3 is 0 Å². The first-order valence-electron chi connectivity index (χ1n) is 13.3. The molecule has 2 aliphatic heterocycles. The van der Waals surface area contributed by atoms with Crippen LogP contribution in [0.5, 0.6) is 0 Å². The summed E-state index contributed by atoms with van der Waals surface area (Å²) >= 11 is 1.61. The van der Waals surface area contributed by atoms with E-state index < -0.39 is 0 Å². The summed E-state index contributed by atoms with van der Waals surface area (Å²) in [5.41, 5.74) is 4.32. The lowest BCUT2D eigenvalue weighted by Gasteiger charge is -2.25. The Morgan fingerprint density at radius 3 is 2.76 bits per heavy atom. The molecule has 10 nitrogen and oxygen atoms in total. The van der Waals surface area contributed by atoms with Crippen LogP contribution in [0.15, 0.2) is 36.7 Å². The Morgan fingerprint density at radius 1 is 1.05 bits per heavy atom. The van der Waals surface area contributed by atoms with Gasteiger partial charge in [-0.3, -0.25) is 4.79 Å². The van der Waals surface area contributed by atoms with Crippen LogP contribution in [0, 0.1) is 0 Å². The molecule has 1 unspecified atom stereocenters. The van der Waals surface area contributed by atoms with Crippen molar-refractivity contribution in [1.29, 1.82) is 0 Å². The Balaban J connectivity index is 1.13. The van der Waals surface area contributed by atoms with E-state index in [-0.39, 0.29) is 12.1 Å². The van der Waals surface area contributed by atoms with Crippen LogP contribution in [0.25, 0.3) is 21.6 Å². The van der Waals surface area contributed by atoms with Gasteiger partial charge in [-0.1, -0.05) is 17.4 Å². The quantitative estimate of drug-likeness (QED) is 0.384. The molecule has 38 heavy (non-hydrogen) atoms. The number of fused-ring (bicyclic) bond motifs is 1. The molecule has 1 amide bonds. The van der Waals surface area contributed by atoms with Gasteiger partial charge in [0.15, 0.2) is 10.8 Å². The highest BCUT2D eigenvalue weighted by Crippen LogP contribution is 2.44. The van der Waals surface area contributed by atoms with E-state index in [0.29, 0.717) is 30.5 Å². The van der Waals surface area contributed by atoms with Gasteiger partial charge in [-0.25, -0.2) is 14.6 Å². The van der Waals surface area contributed by atoms with Gasteiger partial charge in [-0.05, 0) is 50.3 Å². The van der Waals surface area contributed by atoms with Crippen molar-refractivity contribution in [1.82, 2.24) is 24.7 Å². The normalized spacial score (nSPS) is 20.1. The molecule has 11 heteroatoms. The number of carbonyl (C=O) groups is 1. The number of carbonyl (C=O) groups excluding carboxylic acids is 1. The smallest absolute Gasteiger partial charge is 0.274 e. The van der Waals surface area contributed by atoms with E-state index in [1.165, 1.54) is 0 Å². The van der Waals surface area contributed by atoms with Crippen LogP contribution in [0.4, 0.5) is 10.8 Å². The minimum absolute atomic E-state index is 0.0391. The number of nitrogens with one attached hydrogen (secondary N) is 1. The molecule has 1 N–H and O–H groups in total. The van der Waals surface area contributed by atoms with Gasteiger partial charge in [-0.2, -0.15) is 10.1 Å². The average molecular weight is 532 g/mol. The summed E-state index contributed by atoms with van der Waals surface area (Å²) in [5, 5.41) is 8.55. The van der Waals surface area contributed by atoms with E-state index >= 15 is 0 Å². The van der Waals surface area contributed by atoms with Crippen molar-refractivity contribution in [2.45, 2.75) is 44.2 Å². The Kier molecular flexibility index (Phi) is 6.26. The van der Waals surface area contributed by atoms with Crippen LogP contribution in [-0.4, -0.2) is 63.5 Å². The van der Waals surface area contributed by atoms with Crippen molar-refractivity contribution >= 4 is 38.4 Å². The van der Waals surface area contributed by atoms with E-state index in [9.17, 15) is 4.79 Å². The highest BCUT2D eigenvalue weighted by atomic mass is 32.1. The standard InChI is InChI=1S/C27H29N7O3S/c35-26(20-5-3-4-19(29-20)18-15-28-34(16-18)23-6-1-2-11-37-23)30-21-14-22-25(31-24(21)17-7-8-17)32-27(38-22)33-9-12-36-13-10-33/h3-5,14-17,23H,1-2,6-13H2,(H,30,35). The van der Waals surface area contributed by atoms with Crippen LogP contribution < -0.4 is 10.2 Å². The van der Waals surface area contributed by atoms with Crippen LogP contribution in [-0.2, 0) is 9.47 Å². The summed E-state index contributed by atoms with van der Waals surface area (Å²) in [4.78, 5) is 30.0. The first kappa shape index (κ1) is 23.7. The van der Waals surface area contributed by atoms with Crippen molar-refractivity contribution in [3.05, 3.63) is 48.0 Å². The first-order chi connectivity index (χ1) is 18.7. The number of pyridine rings is 2. The van der Waals surface area contributed by atoms with Gasteiger partial charge in [0.1, 0.15) is 11.9 Å². The predicted octanol–water partition coefficient (Wildman–Crippen LogP) is 4.62. The van der Waals surface area contributed by atoms with Crippen LogP contribution in [0.1, 0.15) is 60.4 Å². The monoisotopic (exact) mass is 531 g/mol. The molecule has 3 fully saturated rings. The van der Waals surface area contributed by atoms with E-state index in [2.05, 4.69) is 20.3 Å². The molecule has 2 saturated heterocycles. The van der Waals surface area contributed by atoms with E-state index in [4.69, 9.17) is 19.4 Å². The lowest BCUT2D eigenvalue weighted by atomic mass is 10.2. The number of rotatable bonds is 6. The van der Waals surface area contributed by atoms with Gasteiger partial charge in [0, 0.05) is 37.4 Å². The van der Waals surface area contributed by atoms with Crippen molar-refractivity contribution in [3.8, 4) is 11.3 Å². The number of anilines is 2. The largest absolute Gasteiger partial charge is 0.378 e. The predicted molar refractivity (Wildman–Crippen MR) is 145 cm³/mol. The number of morpholine rings is 1. The number of aromatic nitrogens is 5. The van der Waals surface area contributed by atoms with Crippen molar-refractivity contribution in [2.24, 2.45) is 0 Å². The van der Waals surface area contributed by atoms with E-state index in [1.54, 1.807) is 23.6 Å². The van der Waals surface area contributed by atoms with Crippen LogP contribution in [0.3, 0.4) is 0 Å². The maximum Gasteiger partial charge on any atom is 0.274 e. The molecule has 4 aromatic heterocycles.